The van der Waals surface area contributed by atoms with Crippen molar-refractivity contribution in [2.24, 2.45) is 0 Å². The van der Waals surface area contributed by atoms with Gasteiger partial charge in [-0.25, -0.2) is 9.97 Å². The van der Waals surface area contributed by atoms with Crippen molar-refractivity contribution in [2.75, 3.05) is 17.6 Å². The van der Waals surface area contributed by atoms with Crippen LogP contribution in [0, 0.1) is 6.92 Å². The van der Waals surface area contributed by atoms with Crippen molar-refractivity contribution in [3.8, 4) is 0 Å². The molecule has 3 nitrogen and oxygen atoms in total. The fourth-order valence-corrected chi connectivity index (χ4v) is 2.50. The molecule has 0 aliphatic carbocycles. The SMILES string of the molecule is Cc1nc(Cl)cc(NCCSc2ccccc2)n1. The van der Waals surface area contributed by atoms with Crippen LogP contribution in [-0.4, -0.2) is 22.3 Å². The summed E-state index contributed by atoms with van der Waals surface area (Å²) in [6.07, 6.45) is 0. The summed E-state index contributed by atoms with van der Waals surface area (Å²) in [7, 11) is 0. The van der Waals surface area contributed by atoms with Gasteiger partial charge >= 0.3 is 0 Å². The molecule has 0 aliphatic rings. The van der Waals surface area contributed by atoms with Crippen LogP contribution in [-0.2, 0) is 0 Å². The highest BCUT2D eigenvalue weighted by molar-refractivity contribution is 7.99. The largest absolute Gasteiger partial charge is 0.369 e. The first kappa shape index (κ1) is 13.2. The number of aromatic nitrogens is 2. The summed E-state index contributed by atoms with van der Waals surface area (Å²) < 4.78 is 0. The van der Waals surface area contributed by atoms with Gasteiger partial charge in [-0.15, -0.1) is 11.8 Å². The fourth-order valence-electron chi connectivity index (χ4n) is 1.49. The average molecular weight is 280 g/mol. The van der Waals surface area contributed by atoms with Gasteiger partial charge < -0.3 is 5.32 Å². The smallest absolute Gasteiger partial charge is 0.134 e. The normalized spacial score (nSPS) is 10.3. The molecular weight excluding hydrogens is 266 g/mol. The van der Waals surface area contributed by atoms with E-state index in [4.69, 9.17) is 11.6 Å². The quantitative estimate of drug-likeness (QED) is 0.515. The minimum atomic E-state index is 0.473. The molecule has 0 amide bonds. The molecular formula is C13H14ClN3S. The van der Waals surface area contributed by atoms with E-state index in [1.165, 1.54) is 4.90 Å². The van der Waals surface area contributed by atoms with Crippen molar-refractivity contribution < 1.29 is 0 Å². The Morgan fingerprint density at radius 1 is 1.22 bits per heavy atom. The second-order valence-electron chi connectivity index (χ2n) is 3.71. The second kappa shape index (κ2) is 6.61. The topological polar surface area (TPSA) is 37.8 Å². The van der Waals surface area contributed by atoms with Crippen molar-refractivity contribution in [2.45, 2.75) is 11.8 Å². The van der Waals surface area contributed by atoms with Gasteiger partial charge in [-0.05, 0) is 19.1 Å². The maximum absolute atomic E-state index is 5.86. The van der Waals surface area contributed by atoms with Crippen LogP contribution >= 0.6 is 23.4 Å². The molecule has 1 aromatic carbocycles. The van der Waals surface area contributed by atoms with Gasteiger partial charge in [-0.1, -0.05) is 29.8 Å². The number of anilines is 1. The zero-order chi connectivity index (χ0) is 12.8. The summed E-state index contributed by atoms with van der Waals surface area (Å²) in [6.45, 7) is 2.67. The number of aryl methyl sites for hydroxylation is 1. The van der Waals surface area contributed by atoms with Crippen LogP contribution < -0.4 is 5.32 Å². The molecule has 0 saturated carbocycles. The Hall–Kier alpha value is -1.26. The van der Waals surface area contributed by atoms with Crippen LogP contribution in [0.15, 0.2) is 41.3 Å². The van der Waals surface area contributed by atoms with E-state index in [1.54, 1.807) is 6.07 Å². The maximum atomic E-state index is 5.86. The molecule has 0 aliphatic heterocycles. The third-order valence-electron chi connectivity index (χ3n) is 2.23. The van der Waals surface area contributed by atoms with E-state index in [-0.39, 0.29) is 0 Å². The molecule has 0 atom stereocenters. The molecule has 0 saturated heterocycles. The Bertz CT molecular complexity index is 485. The predicted molar refractivity (Wildman–Crippen MR) is 77.4 cm³/mol. The minimum Gasteiger partial charge on any atom is -0.369 e. The third-order valence-corrected chi connectivity index (χ3v) is 3.43. The standard InChI is InChI=1S/C13H14ClN3S/c1-10-16-12(14)9-13(17-10)15-7-8-18-11-5-3-2-4-6-11/h2-6,9H,7-8H2,1H3,(H,15,16,17). The summed E-state index contributed by atoms with van der Waals surface area (Å²) >= 11 is 7.67. The van der Waals surface area contributed by atoms with Gasteiger partial charge in [0, 0.05) is 23.3 Å². The van der Waals surface area contributed by atoms with Crippen molar-refractivity contribution in [3.05, 3.63) is 47.4 Å². The number of thioether (sulfide) groups is 1. The Kier molecular flexibility index (Phi) is 4.84. The molecule has 18 heavy (non-hydrogen) atoms. The number of nitrogens with zero attached hydrogens (tertiary/aromatic N) is 2. The second-order valence-corrected chi connectivity index (χ2v) is 5.27. The lowest BCUT2D eigenvalue weighted by molar-refractivity contribution is 1.04. The molecule has 1 heterocycles. The van der Waals surface area contributed by atoms with Crippen molar-refractivity contribution in [1.82, 2.24) is 9.97 Å². The predicted octanol–water partition coefficient (Wildman–Crippen LogP) is 3.64. The van der Waals surface area contributed by atoms with Gasteiger partial charge in [0.1, 0.15) is 16.8 Å². The molecule has 1 aromatic heterocycles. The Morgan fingerprint density at radius 2 is 2.00 bits per heavy atom. The summed E-state index contributed by atoms with van der Waals surface area (Å²) in [4.78, 5) is 9.56. The first-order valence-electron chi connectivity index (χ1n) is 5.67. The molecule has 0 spiro atoms. The number of nitrogens with one attached hydrogen (secondary N) is 1. The van der Waals surface area contributed by atoms with Crippen LogP contribution in [0.25, 0.3) is 0 Å². The van der Waals surface area contributed by atoms with E-state index in [0.29, 0.717) is 11.0 Å². The lowest BCUT2D eigenvalue weighted by Crippen LogP contribution is -2.06. The number of hydrogen-bond acceptors (Lipinski definition) is 4. The lowest BCUT2D eigenvalue weighted by atomic mass is 10.4. The van der Waals surface area contributed by atoms with Crippen LogP contribution in [0.4, 0.5) is 5.82 Å². The maximum Gasteiger partial charge on any atom is 0.134 e. The Labute approximate surface area is 116 Å². The fraction of sp³-hybridized carbons (Fsp3) is 0.231. The molecule has 5 heteroatoms. The van der Waals surface area contributed by atoms with Crippen molar-refractivity contribution in [3.63, 3.8) is 0 Å². The van der Waals surface area contributed by atoms with Gasteiger partial charge in [0.25, 0.3) is 0 Å². The van der Waals surface area contributed by atoms with Gasteiger partial charge in [-0.2, -0.15) is 0 Å². The van der Waals surface area contributed by atoms with E-state index >= 15 is 0 Å². The van der Waals surface area contributed by atoms with Crippen molar-refractivity contribution in [1.29, 1.82) is 0 Å². The number of benzene rings is 1. The first-order chi connectivity index (χ1) is 8.74. The van der Waals surface area contributed by atoms with Gasteiger partial charge in [0.2, 0.25) is 0 Å². The summed E-state index contributed by atoms with van der Waals surface area (Å²) in [5.74, 6) is 2.44. The van der Waals surface area contributed by atoms with Crippen molar-refractivity contribution >= 4 is 29.2 Å². The zero-order valence-electron chi connectivity index (χ0n) is 10.1. The molecule has 0 radical (unpaired) electrons. The zero-order valence-corrected chi connectivity index (χ0v) is 11.6. The van der Waals surface area contributed by atoms with E-state index in [0.717, 1.165) is 18.1 Å². The van der Waals surface area contributed by atoms with Crippen LogP contribution in [0.3, 0.4) is 0 Å². The molecule has 94 valence electrons. The Balaban J connectivity index is 1.78. The molecule has 0 bridgehead atoms. The van der Waals surface area contributed by atoms with Crippen LogP contribution in [0.5, 0.6) is 0 Å². The highest BCUT2D eigenvalue weighted by Gasteiger charge is 1.99. The van der Waals surface area contributed by atoms with Crippen LogP contribution in [0.1, 0.15) is 5.82 Å². The highest BCUT2D eigenvalue weighted by atomic mass is 35.5. The van der Waals surface area contributed by atoms with Crippen LogP contribution in [0.2, 0.25) is 5.15 Å². The van der Waals surface area contributed by atoms with E-state index in [9.17, 15) is 0 Å². The lowest BCUT2D eigenvalue weighted by Gasteiger charge is -2.06. The highest BCUT2D eigenvalue weighted by Crippen LogP contribution is 2.17. The number of hydrogen-bond donors (Lipinski definition) is 1. The van der Waals surface area contributed by atoms with E-state index in [1.807, 2.05) is 36.9 Å². The van der Waals surface area contributed by atoms with Gasteiger partial charge in [0.15, 0.2) is 0 Å². The molecule has 2 rings (SSSR count). The number of rotatable bonds is 5. The minimum absolute atomic E-state index is 0.473. The first-order valence-corrected chi connectivity index (χ1v) is 7.03. The molecule has 0 fully saturated rings. The van der Waals surface area contributed by atoms with E-state index in [2.05, 4.69) is 27.4 Å². The summed E-state index contributed by atoms with van der Waals surface area (Å²) in [5, 5.41) is 3.71. The summed E-state index contributed by atoms with van der Waals surface area (Å²) in [6, 6.07) is 12.1. The average Bonchev–Trinajstić information content (AvgIpc) is 2.35. The molecule has 1 N–H and O–H groups in total. The molecule has 2 aromatic rings. The molecule has 0 unspecified atom stereocenters. The van der Waals surface area contributed by atoms with Gasteiger partial charge in [-0.3, -0.25) is 0 Å². The monoisotopic (exact) mass is 279 g/mol. The number of halogens is 1. The third kappa shape index (κ3) is 4.20. The Morgan fingerprint density at radius 3 is 2.72 bits per heavy atom. The van der Waals surface area contributed by atoms with Gasteiger partial charge in [0.05, 0.1) is 0 Å². The summed E-state index contributed by atoms with van der Waals surface area (Å²) in [5.41, 5.74) is 0. The van der Waals surface area contributed by atoms with E-state index < -0.39 is 0 Å².